The number of nitrogens with one attached hydrogen (secondary N) is 1. The topological polar surface area (TPSA) is 111 Å². The van der Waals surface area contributed by atoms with E-state index in [4.69, 9.17) is 13.8 Å². The maximum atomic E-state index is 13.6. The maximum Gasteiger partial charge on any atom is 0.472 e. The van der Waals surface area contributed by atoms with Gasteiger partial charge in [-0.3, -0.25) is 18.6 Å². The van der Waals surface area contributed by atoms with Crippen LogP contribution in [0.1, 0.15) is 316 Å². The molecule has 0 bridgehead atoms. The molecule has 2 N–H and O–H groups in total. The molecule has 0 heterocycles. The second-order valence-electron chi connectivity index (χ2n) is 25.0. The van der Waals surface area contributed by atoms with Gasteiger partial charge in [0.2, 0.25) is 5.91 Å². The molecule has 0 spiro atoms. The molecular weight excluding hydrogens is 1070 g/mol. The Labute approximate surface area is 526 Å². The Morgan fingerprint density at radius 1 is 0.412 bits per heavy atom. The maximum absolute atomic E-state index is 13.6. The van der Waals surface area contributed by atoms with E-state index < -0.39 is 20.0 Å². The molecule has 0 aromatic carbocycles. The van der Waals surface area contributed by atoms with Crippen LogP contribution in [0.5, 0.6) is 0 Å². The van der Waals surface area contributed by atoms with Crippen LogP contribution in [0.15, 0.2) is 97.2 Å². The number of phosphoric acid groups is 1. The average Bonchev–Trinajstić information content (AvgIpc) is 3.57. The summed E-state index contributed by atoms with van der Waals surface area (Å²) in [5.41, 5.74) is 0. The number of carbonyl (C=O) groups is 2. The number of carbonyl (C=O) groups excluding carboxylic acids is 2. The zero-order chi connectivity index (χ0) is 62.1. The van der Waals surface area contributed by atoms with Gasteiger partial charge in [-0.05, 0) is 115 Å². The predicted octanol–water partition coefficient (Wildman–Crippen LogP) is 22.7. The minimum atomic E-state index is -4.46. The van der Waals surface area contributed by atoms with Crippen LogP contribution in [0.3, 0.4) is 0 Å². The summed E-state index contributed by atoms with van der Waals surface area (Å²) in [7, 11) is 1.48. The van der Waals surface area contributed by atoms with Crippen molar-refractivity contribution in [2.45, 2.75) is 328 Å². The van der Waals surface area contributed by atoms with Crippen LogP contribution < -0.4 is 5.32 Å². The van der Waals surface area contributed by atoms with Gasteiger partial charge >= 0.3 is 13.8 Å². The van der Waals surface area contributed by atoms with Gasteiger partial charge in [-0.25, -0.2) is 4.57 Å². The molecule has 0 aromatic heterocycles. The van der Waals surface area contributed by atoms with Crippen molar-refractivity contribution in [1.29, 1.82) is 0 Å². The SMILES string of the molecule is CCCCC/C=C\C/C=C\C/C=C\C/C=C\CCCCCCCC(=O)NC(COP(=O)(O)OCC[N+](C)(C)C)C(/C=C\CCCCCCCCCCC)OC(=O)CCCCCCCCCCCCCCCC/C=C\C/C=C\C/C=C\CCCCC. The second kappa shape index (κ2) is 63.9. The Bertz CT molecular complexity index is 1780. The van der Waals surface area contributed by atoms with Crippen LogP contribution in [-0.2, 0) is 27.9 Å². The van der Waals surface area contributed by atoms with Gasteiger partial charge in [0.1, 0.15) is 19.3 Å². The molecule has 10 heteroatoms. The highest BCUT2D eigenvalue weighted by Gasteiger charge is 2.30. The second-order valence-corrected chi connectivity index (χ2v) is 26.5. The van der Waals surface area contributed by atoms with Gasteiger partial charge in [-0.1, -0.05) is 285 Å². The minimum absolute atomic E-state index is 0.0328. The Morgan fingerprint density at radius 2 is 0.718 bits per heavy atom. The lowest BCUT2D eigenvalue weighted by Gasteiger charge is -2.27. The van der Waals surface area contributed by atoms with Crippen LogP contribution in [-0.4, -0.2) is 74.3 Å². The molecule has 0 radical (unpaired) electrons. The molecule has 0 aromatic rings. The van der Waals surface area contributed by atoms with Crippen molar-refractivity contribution in [3.63, 3.8) is 0 Å². The Kier molecular flexibility index (Phi) is 61.6. The third-order valence-corrected chi connectivity index (χ3v) is 16.5. The highest BCUT2D eigenvalue weighted by atomic mass is 31.2. The third kappa shape index (κ3) is 65.2. The number of likely N-dealkylation sites (N-methyl/N-ethyl adjacent to an activating group) is 1. The van der Waals surface area contributed by atoms with E-state index in [1.54, 1.807) is 0 Å². The Balaban J connectivity index is 5.04. The summed E-state index contributed by atoms with van der Waals surface area (Å²) in [6.07, 6.45) is 87.0. The van der Waals surface area contributed by atoms with Gasteiger partial charge in [-0.15, -0.1) is 0 Å². The summed E-state index contributed by atoms with van der Waals surface area (Å²) in [5.74, 6) is -0.524. The average molecular weight is 1210 g/mol. The lowest BCUT2D eigenvalue weighted by molar-refractivity contribution is -0.870. The first-order chi connectivity index (χ1) is 41.4. The third-order valence-electron chi connectivity index (χ3n) is 15.5. The molecule has 1 amide bonds. The van der Waals surface area contributed by atoms with Crippen LogP contribution in [0.2, 0.25) is 0 Å². The molecule has 3 atom stereocenters. The molecule has 0 aliphatic heterocycles. The van der Waals surface area contributed by atoms with Crippen LogP contribution in [0.25, 0.3) is 0 Å². The lowest BCUT2D eigenvalue weighted by Crippen LogP contribution is -2.47. The van der Waals surface area contributed by atoms with Gasteiger partial charge in [0.05, 0.1) is 33.8 Å². The molecule has 492 valence electrons. The molecule has 85 heavy (non-hydrogen) atoms. The molecule has 0 fully saturated rings. The number of rotatable bonds is 64. The Hall–Kier alpha value is -3.07. The molecule has 0 saturated heterocycles. The summed E-state index contributed by atoms with van der Waals surface area (Å²) in [4.78, 5) is 37.9. The van der Waals surface area contributed by atoms with E-state index in [0.717, 1.165) is 109 Å². The van der Waals surface area contributed by atoms with Crippen LogP contribution in [0, 0.1) is 0 Å². The van der Waals surface area contributed by atoms with Crippen molar-refractivity contribution in [1.82, 2.24) is 5.32 Å². The van der Waals surface area contributed by atoms with Crippen LogP contribution >= 0.6 is 7.82 Å². The van der Waals surface area contributed by atoms with Crippen molar-refractivity contribution in [3.8, 4) is 0 Å². The van der Waals surface area contributed by atoms with E-state index in [1.165, 1.54) is 173 Å². The van der Waals surface area contributed by atoms with Gasteiger partial charge in [-0.2, -0.15) is 0 Å². The highest BCUT2D eigenvalue weighted by Crippen LogP contribution is 2.43. The number of hydrogen-bond acceptors (Lipinski definition) is 6. The predicted molar refractivity (Wildman–Crippen MR) is 369 cm³/mol. The van der Waals surface area contributed by atoms with Gasteiger partial charge in [0.25, 0.3) is 0 Å². The van der Waals surface area contributed by atoms with Gasteiger partial charge in [0.15, 0.2) is 0 Å². The van der Waals surface area contributed by atoms with E-state index in [9.17, 15) is 19.0 Å². The van der Waals surface area contributed by atoms with E-state index in [1.807, 2.05) is 33.3 Å². The minimum Gasteiger partial charge on any atom is -0.456 e. The summed E-state index contributed by atoms with van der Waals surface area (Å²) in [6.45, 7) is 6.95. The fourth-order valence-corrected chi connectivity index (χ4v) is 10.7. The fraction of sp³-hybridized carbons (Fsp3) is 0.760. The van der Waals surface area contributed by atoms with Crippen molar-refractivity contribution in [2.75, 3.05) is 40.9 Å². The normalized spacial score (nSPS) is 14.1. The number of phosphoric ester groups is 1. The first-order valence-corrected chi connectivity index (χ1v) is 37.1. The van der Waals surface area contributed by atoms with E-state index in [0.29, 0.717) is 17.4 Å². The number of nitrogens with zero attached hydrogens (tertiary/aromatic N) is 1. The van der Waals surface area contributed by atoms with E-state index in [2.05, 4.69) is 111 Å². The van der Waals surface area contributed by atoms with Gasteiger partial charge < -0.3 is 19.4 Å². The molecule has 0 rings (SSSR count). The number of allylic oxidation sites excluding steroid dienone is 15. The van der Waals surface area contributed by atoms with E-state index >= 15 is 0 Å². The van der Waals surface area contributed by atoms with Crippen molar-refractivity contribution >= 4 is 19.7 Å². The molecule has 0 aliphatic carbocycles. The lowest BCUT2D eigenvalue weighted by atomic mass is 10.0. The summed E-state index contributed by atoms with van der Waals surface area (Å²) in [6, 6.07) is -0.864. The fourth-order valence-electron chi connectivity index (χ4n) is 9.99. The smallest absolute Gasteiger partial charge is 0.456 e. The van der Waals surface area contributed by atoms with Crippen LogP contribution in [0.4, 0.5) is 0 Å². The number of ether oxygens (including phenoxy) is 1. The number of amides is 1. The number of unbranched alkanes of at least 4 members (excludes halogenated alkanes) is 34. The molecule has 0 aliphatic rings. The quantitative estimate of drug-likeness (QED) is 0.0205. The van der Waals surface area contributed by atoms with Crippen molar-refractivity contribution < 1.29 is 37.3 Å². The molecular formula is C75H136N2O7P+. The number of hydrogen-bond donors (Lipinski definition) is 2. The first kappa shape index (κ1) is 81.9. The number of esters is 1. The first-order valence-electron chi connectivity index (χ1n) is 35.6. The highest BCUT2D eigenvalue weighted by molar-refractivity contribution is 7.47. The molecule has 0 saturated carbocycles. The molecule has 9 nitrogen and oxygen atoms in total. The van der Waals surface area contributed by atoms with Crippen molar-refractivity contribution in [3.05, 3.63) is 97.2 Å². The zero-order valence-electron chi connectivity index (χ0n) is 56.3. The summed E-state index contributed by atoms with van der Waals surface area (Å²) >= 11 is 0. The summed E-state index contributed by atoms with van der Waals surface area (Å²) < 4.78 is 30.8. The monoisotopic (exact) mass is 1210 g/mol. The van der Waals surface area contributed by atoms with Crippen molar-refractivity contribution in [2.24, 2.45) is 0 Å². The zero-order valence-corrected chi connectivity index (χ0v) is 57.2. The molecule has 3 unspecified atom stereocenters. The number of quaternary nitrogens is 1. The Morgan fingerprint density at radius 3 is 1.09 bits per heavy atom. The van der Waals surface area contributed by atoms with E-state index in [-0.39, 0.29) is 31.5 Å². The standard InChI is InChI=1S/C75H135N2O7P/c1-7-10-13-16-19-22-25-27-29-31-33-35-36-37-38-39-40-42-44-46-48-50-53-56-59-62-65-68-75(79)84-73(66-63-60-57-54-51-24-21-18-15-12-9-3)72(71-83-85(80,81)82-70-69-77(4,5)6)76-74(78)67-64-61-58-55-52-49-47-45-43-41-34-32-30-28-26-23-20-17-14-11-8-2/h19-20,22-23,27-30,33-35,41,45,47,63,66,72-73H,7-18,21,24-26,31-32,36-40,42-44,46,48-62,64-65,67-71H2,1-6H3,(H-,76,78,80,81)/p+1/b22-19-,23-20-,29-27-,30-28-,35-33-,41-34-,47-45-,66-63-. The summed E-state index contributed by atoms with van der Waals surface area (Å²) in [5, 5.41) is 3.06. The largest absolute Gasteiger partial charge is 0.472 e. The van der Waals surface area contributed by atoms with Gasteiger partial charge in [0, 0.05) is 12.8 Å².